The van der Waals surface area contributed by atoms with Gasteiger partial charge in [0.15, 0.2) is 0 Å². The number of rotatable bonds is 4. The van der Waals surface area contributed by atoms with Crippen LogP contribution >= 0.6 is 0 Å². The number of amides is 1. The fourth-order valence-electron chi connectivity index (χ4n) is 2.59. The lowest BCUT2D eigenvalue weighted by atomic mass is 9.73. The highest BCUT2D eigenvalue weighted by molar-refractivity contribution is 5.88. The Morgan fingerprint density at radius 1 is 1.32 bits per heavy atom. The molecule has 2 rings (SSSR count). The molecule has 1 aromatic carbocycles. The number of hydrogen-bond acceptors (Lipinski definition) is 2. The molecule has 0 radical (unpaired) electrons. The molecule has 0 saturated carbocycles. The Morgan fingerprint density at radius 2 is 1.95 bits per heavy atom. The molecular weight excluding hydrogens is 238 g/mol. The molecule has 0 unspecified atom stereocenters. The summed E-state index contributed by atoms with van der Waals surface area (Å²) in [4.78, 5) is 12.7. The van der Waals surface area contributed by atoms with Gasteiger partial charge in [0.2, 0.25) is 5.91 Å². The Kier molecular flexibility index (Phi) is 4.59. The topological polar surface area (TPSA) is 38.3 Å². The molecule has 1 aliphatic heterocycles. The van der Waals surface area contributed by atoms with Crippen LogP contribution in [0, 0.1) is 0 Å². The Balaban J connectivity index is 2.27. The lowest BCUT2D eigenvalue weighted by molar-refractivity contribution is -0.131. The van der Waals surface area contributed by atoms with Crippen molar-refractivity contribution in [2.24, 2.45) is 0 Å². The molecule has 0 aromatic heterocycles. The lowest BCUT2D eigenvalue weighted by Gasteiger charge is -2.37. The summed E-state index contributed by atoms with van der Waals surface area (Å²) in [5.41, 5.74) is 0.697. The number of benzene rings is 1. The summed E-state index contributed by atoms with van der Waals surface area (Å²) in [5, 5.41) is 3.14. The second kappa shape index (κ2) is 6.20. The van der Waals surface area contributed by atoms with Crippen molar-refractivity contribution in [3.8, 4) is 0 Å². The van der Waals surface area contributed by atoms with Gasteiger partial charge in [0.1, 0.15) is 0 Å². The van der Waals surface area contributed by atoms with Gasteiger partial charge in [0, 0.05) is 19.3 Å². The summed E-state index contributed by atoms with van der Waals surface area (Å²) in [6.45, 7) is 5.45. The third-order valence-electron chi connectivity index (χ3n) is 4.10. The first-order chi connectivity index (χ1) is 9.19. The van der Waals surface area contributed by atoms with Gasteiger partial charge >= 0.3 is 0 Å². The second-order valence-electron chi connectivity index (χ2n) is 5.34. The number of hydrogen-bond donors (Lipinski definition) is 1. The summed E-state index contributed by atoms with van der Waals surface area (Å²) in [6, 6.07) is 10.3. The minimum Gasteiger partial charge on any atom is -0.381 e. The van der Waals surface area contributed by atoms with Gasteiger partial charge in [-0.05, 0) is 31.7 Å². The molecule has 0 spiro atoms. The fourth-order valence-corrected chi connectivity index (χ4v) is 2.59. The molecule has 1 amide bonds. The Hall–Kier alpha value is -1.35. The van der Waals surface area contributed by atoms with Gasteiger partial charge in [-0.1, -0.05) is 37.3 Å². The number of carbonyl (C=O) groups is 1. The molecule has 1 atom stereocenters. The van der Waals surface area contributed by atoms with E-state index < -0.39 is 5.41 Å². The Morgan fingerprint density at radius 3 is 2.53 bits per heavy atom. The number of nitrogens with one attached hydrogen (secondary N) is 1. The molecule has 1 fully saturated rings. The van der Waals surface area contributed by atoms with E-state index >= 15 is 0 Å². The van der Waals surface area contributed by atoms with E-state index in [-0.39, 0.29) is 11.9 Å². The second-order valence-corrected chi connectivity index (χ2v) is 5.34. The van der Waals surface area contributed by atoms with E-state index in [1.54, 1.807) is 0 Å². The monoisotopic (exact) mass is 261 g/mol. The molecule has 1 N–H and O–H groups in total. The van der Waals surface area contributed by atoms with Crippen LogP contribution in [-0.2, 0) is 14.9 Å². The summed E-state index contributed by atoms with van der Waals surface area (Å²) >= 11 is 0. The standard InChI is InChI=1S/C16H23NO2/c1-3-13(2)17-15(18)16(9-11-19-12-10-16)14-7-5-4-6-8-14/h4-8,13H,3,9-12H2,1-2H3,(H,17,18)/t13-/m0/s1. The molecule has 1 saturated heterocycles. The average molecular weight is 261 g/mol. The van der Waals surface area contributed by atoms with E-state index in [9.17, 15) is 4.79 Å². The van der Waals surface area contributed by atoms with Crippen molar-refractivity contribution in [1.29, 1.82) is 0 Å². The van der Waals surface area contributed by atoms with Gasteiger partial charge in [-0.3, -0.25) is 4.79 Å². The van der Waals surface area contributed by atoms with Crippen LogP contribution in [0.1, 0.15) is 38.7 Å². The summed E-state index contributed by atoms with van der Waals surface area (Å²) in [5.74, 6) is 0.149. The van der Waals surface area contributed by atoms with Crippen LogP contribution in [0.5, 0.6) is 0 Å². The molecule has 0 bridgehead atoms. The maximum Gasteiger partial charge on any atom is 0.231 e. The minimum atomic E-state index is -0.414. The van der Waals surface area contributed by atoms with Crippen molar-refractivity contribution >= 4 is 5.91 Å². The predicted molar refractivity (Wildman–Crippen MR) is 76.1 cm³/mol. The van der Waals surface area contributed by atoms with Crippen LogP contribution in [0.2, 0.25) is 0 Å². The predicted octanol–water partition coefficient (Wildman–Crippen LogP) is 2.65. The van der Waals surface area contributed by atoms with Gasteiger partial charge < -0.3 is 10.1 Å². The molecule has 0 aliphatic carbocycles. The highest BCUT2D eigenvalue weighted by Gasteiger charge is 2.41. The zero-order valence-corrected chi connectivity index (χ0v) is 11.8. The third-order valence-corrected chi connectivity index (χ3v) is 4.10. The molecule has 1 heterocycles. The van der Waals surface area contributed by atoms with E-state index in [2.05, 4.69) is 31.3 Å². The Labute approximate surface area is 115 Å². The van der Waals surface area contributed by atoms with Crippen molar-refractivity contribution in [2.75, 3.05) is 13.2 Å². The first-order valence-corrected chi connectivity index (χ1v) is 7.13. The average Bonchev–Trinajstić information content (AvgIpc) is 2.48. The molecule has 104 valence electrons. The van der Waals surface area contributed by atoms with Gasteiger partial charge in [-0.25, -0.2) is 0 Å². The van der Waals surface area contributed by atoms with E-state index in [4.69, 9.17) is 4.74 Å². The van der Waals surface area contributed by atoms with Crippen molar-refractivity contribution in [3.05, 3.63) is 35.9 Å². The van der Waals surface area contributed by atoms with E-state index in [1.807, 2.05) is 18.2 Å². The smallest absolute Gasteiger partial charge is 0.231 e. The number of ether oxygens (including phenoxy) is 1. The highest BCUT2D eigenvalue weighted by Crippen LogP contribution is 2.35. The maximum atomic E-state index is 12.7. The van der Waals surface area contributed by atoms with Crippen molar-refractivity contribution in [2.45, 2.75) is 44.6 Å². The Bertz CT molecular complexity index is 410. The summed E-state index contributed by atoms with van der Waals surface area (Å²) in [6.07, 6.45) is 2.48. The minimum absolute atomic E-state index is 0.149. The third kappa shape index (κ3) is 2.98. The molecule has 1 aromatic rings. The zero-order chi connectivity index (χ0) is 13.7. The van der Waals surface area contributed by atoms with E-state index in [0.717, 1.165) is 24.8 Å². The molecule has 19 heavy (non-hydrogen) atoms. The normalized spacial score (nSPS) is 19.7. The van der Waals surface area contributed by atoms with Crippen molar-refractivity contribution in [3.63, 3.8) is 0 Å². The quantitative estimate of drug-likeness (QED) is 0.905. The van der Waals surface area contributed by atoms with E-state index in [0.29, 0.717) is 13.2 Å². The van der Waals surface area contributed by atoms with Gasteiger partial charge in [0.05, 0.1) is 5.41 Å². The highest BCUT2D eigenvalue weighted by atomic mass is 16.5. The van der Waals surface area contributed by atoms with E-state index in [1.165, 1.54) is 0 Å². The number of carbonyl (C=O) groups excluding carboxylic acids is 1. The van der Waals surface area contributed by atoms with Gasteiger partial charge in [-0.15, -0.1) is 0 Å². The van der Waals surface area contributed by atoms with Gasteiger partial charge in [-0.2, -0.15) is 0 Å². The van der Waals surface area contributed by atoms with Crippen LogP contribution < -0.4 is 5.32 Å². The fraction of sp³-hybridized carbons (Fsp3) is 0.562. The summed E-state index contributed by atoms with van der Waals surface area (Å²) < 4.78 is 5.45. The SMILES string of the molecule is CC[C@H](C)NC(=O)C1(c2ccccc2)CCOCC1. The van der Waals surface area contributed by atoms with Crippen LogP contribution in [0.4, 0.5) is 0 Å². The summed E-state index contributed by atoms with van der Waals surface area (Å²) in [7, 11) is 0. The molecule has 3 nitrogen and oxygen atoms in total. The maximum absolute atomic E-state index is 12.7. The van der Waals surface area contributed by atoms with Crippen LogP contribution in [-0.4, -0.2) is 25.2 Å². The largest absolute Gasteiger partial charge is 0.381 e. The first kappa shape index (κ1) is 14.1. The molecular formula is C16H23NO2. The molecule has 3 heteroatoms. The lowest BCUT2D eigenvalue weighted by Crippen LogP contribution is -2.50. The van der Waals surface area contributed by atoms with Crippen LogP contribution in [0.25, 0.3) is 0 Å². The van der Waals surface area contributed by atoms with Crippen molar-refractivity contribution in [1.82, 2.24) is 5.32 Å². The molecule has 1 aliphatic rings. The van der Waals surface area contributed by atoms with Crippen LogP contribution in [0.15, 0.2) is 30.3 Å². The van der Waals surface area contributed by atoms with Gasteiger partial charge in [0.25, 0.3) is 0 Å². The van der Waals surface area contributed by atoms with Crippen molar-refractivity contribution < 1.29 is 9.53 Å². The van der Waals surface area contributed by atoms with Crippen LogP contribution in [0.3, 0.4) is 0 Å². The zero-order valence-electron chi connectivity index (χ0n) is 11.8. The first-order valence-electron chi connectivity index (χ1n) is 7.13.